The van der Waals surface area contributed by atoms with Gasteiger partial charge < -0.3 is 5.32 Å². The molecule has 2 aromatic rings. The summed E-state index contributed by atoms with van der Waals surface area (Å²) >= 11 is 0. The second-order valence-electron chi connectivity index (χ2n) is 7.19. The fraction of sp³-hybridized carbons (Fsp3) is 0.278. The second kappa shape index (κ2) is 8.19. The lowest BCUT2D eigenvalue weighted by atomic mass is 10.1. The molecule has 2 rings (SSSR count). The van der Waals surface area contributed by atoms with Gasteiger partial charge in [0.1, 0.15) is 5.82 Å². The third kappa shape index (κ3) is 5.82. The molecule has 2 aromatic carbocycles. The lowest BCUT2D eigenvalue weighted by Gasteiger charge is -2.20. The summed E-state index contributed by atoms with van der Waals surface area (Å²) in [6, 6.07) is 8.22. The van der Waals surface area contributed by atoms with Gasteiger partial charge in [-0.05, 0) is 64.2 Å². The van der Waals surface area contributed by atoms with Crippen LogP contribution in [0.15, 0.2) is 52.3 Å². The molecule has 1 amide bonds. The van der Waals surface area contributed by atoms with Crippen LogP contribution >= 0.6 is 0 Å². The summed E-state index contributed by atoms with van der Waals surface area (Å²) in [5, 5.41) is 2.38. The van der Waals surface area contributed by atoms with Gasteiger partial charge in [-0.3, -0.25) is 4.79 Å². The van der Waals surface area contributed by atoms with E-state index in [-0.39, 0.29) is 15.5 Å². The maximum Gasteiger partial charge on any atom is 0.258 e. The van der Waals surface area contributed by atoms with Gasteiger partial charge in [-0.2, -0.15) is 0 Å². The van der Waals surface area contributed by atoms with E-state index in [1.54, 1.807) is 20.8 Å². The first-order valence-corrected chi connectivity index (χ1v) is 11.4. The van der Waals surface area contributed by atoms with Gasteiger partial charge in [-0.1, -0.05) is 6.07 Å². The molecule has 0 radical (unpaired) electrons. The van der Waals surface area contributed by atoms with E-state index in [1.165, 1.54) is 31.3 Å². The Morgan fingerprint density at radius 2 is 1.55 bits per heavy atom. The second-order valence-corrected chi connectivity index (χ2v) is 10.8. The Morgan fingerprint density at radius 3 is 2.14 bits per heavy atom. The Bertz CT molecular complexity index is 1140. The van der Waals surface area contributed by atoms with E-state index in [4.69, 9.17) is 0 Å². The Morgan fingerprint density at radius 1 is 0.931 bits per heavy atom. The Kier molecular flexibility index (Phi) is 6.48. The van der Waals surface area contributed by atoms with Gasteiger partial charge in [0.2, 0.25) is 20.0 Å². The average molecular weight is 444 g/mol. The van der Waals surface area contributed by atoms with Crippen molar-refractivity contribution in [1.29, 1.82) is 0 Å². The largest absolute Gasteiger partial charge is 0.322 e. The normalized spacial score (nSPS) is 12.6. The third-order valence-electron chi connectivity index (χ3n) is 3.60. The molecule has 158 valence electrons. The standard InChI is InChI=1S/C18H22FN3O5S2/c1-18(2,3)22-29(26,27)13-7-5-6-12(10-13)21-17(23)15-11-14(8-9-16(15)19)28(24,25)20-4/h5-11,20,22H,1-4H3,(H,21,23). The van der Waals surface area contributed by atoms with Crippen molar-refractivity contribution < 1.29 is 26.0 Å². The summed E-state index contributed by atoms with van der Waals surface area (Å²) in [5.41, 5.74) is -1.10. The number of benzene rings is 2. The molecule has 0 aliphatic heterocycles. The number of carbonyl (C=O) groups excluding carboxylic acids is 1. The molecule has 0 heterocycles. The van der Waals surface area contributed by atoms with Gasteiger partial charge >= 0.3 is 0 Å². The van der Waals surface area contributed by atoms with Crippen molar-refractivity contribution >= 4 is 31.6 Å². The van der Waals surface area contributed by atoms with Crippen molar-refractivity contribution in [2.24, 2.45) is 0 Å². The van der Waals surface area contributed by atoms with Gasteiger partial charge in [0, 0.05) is 11.2 Å². The van der Waals surface area contributed by atoms with Gasteiger partial charge in [0.25, 0.3) is 5.91 Å². The Labute approximate surface area is 169 Å². The lowest BCUT2D eigenvalue weighted by molar-refractivity contribution is 0.102. The van der Waals surface area contributed by atoms with Gasteiger partial charge in [0.05, 0.1) is 15.4 Å². The SMILES string of the molecule is CNS(=O)(=O)c1ccc(F)c(C(=O)Nc2cccc(S(=O)(=O)NC(C)(C)C)c2)c1. The minimum absolute atomic E-state index is 0.0859. The number of rotatable bonds is 6. The lowest BCUT2D eigenvalue weighted by Crippen LogP contribution is -2.40. The van der Waals surface area contributed by atoms with Gasteiger partial charge in [0.15, 0.2) is 0 Å². The molecule has 3 N–H and O–H groups in total. The zero-order chi connectivity index (χ0) is 22.0. The molecule has 0 aliphatic rings. The first-order valence-electron chi connectivity index (χ1n) is 8.44. The number of nitrogens with one attached hydrogen (secondary N) is 3. The van der Waals surface area contributed by atoms with E-state index in [0.717, 1.165) is 18.2 Å². The highest BCUT2D eigenvalue weighted by molar-refractivity contribution is 7.89. The van der Waals surface area contributed by atoms with Crippen molar-refractivity contribution in [2.45, 2.75) is 36.1 Å². The number of sulfonamides is 2. The highest BCUT2D eigenvalue weighted by Gasteiger charge is 2.23. The molecule has 0 bridgehead atoms. The minimum Gasteiger partial charge on any atom is -0.322 e. The molecule has 0 spiro atoms. The summed E-state index contributed by atoms with van der Waals surface area (Å²) < 4.78 is 67.3. The van der Waals surface area contributed by atoms with E-state index < -0.39 is 42.9 Å². The van der Waals surface area contributed by atoms with Crippen LogP contribution in [0.25, 0.3) is 0 Å². The van der Waals surface area contributed by atoms with Crippen LogP contribution in [0, 0.1) is 5.82 Å². The Hall–Kier alpha value is -2.34. The predicted octanol–water partition coefficient (Wildman–Crippen LogP) is 2.06. The molecule has 0 atom stereocenters. The summed E-state index contributed by atoms with van der Waals surface area (Å²) in [6.45, 7) is 5.06. The summed E-state index contributed by atoms with van der Waals surface area (Å²) in [6.07, 6.45) is 0. The van der Waals surface area contributed by atoms with Crippen LogP contribution < -0.4 is 14.8 Å². The highest BCUT2D eigenvalue weighted by Crippen LogP contribution is 2.20. The van der Waals surface area contributed by atoms with Crippen LogP contribution in [0.2, 0.25) is 0 Å². The highest BCUT2D eigenvalue weighted by atomic mass is 32.2. The van der Waals surface area contributed by atoms with Crippen LogP contribution in [0.1, 0.15) is 31.1 Å². The van der Waals surface area contributed by atoms with Gasteiger partial charge in [-0.15, -0.1) is 0 Å². The number of carbonyl (C=O) groups is 1. The van der Waals surface area contributed by atoms with E-state index in [2.05, 4.69) is 14.8 Å². The monoisotopic (exact) mass is 443 g/mol. The molecule has 0 unspecified atom stereocenters. The van der Waals surface area contributed by atoms with Gasteiger partial charge in [-0.25, -0.2) is 30.7 Å². The third-order valence-corrected chi connectivity index (χ3v) is 6.77. The molecule has 0 aliphatic carbocycles. The van der Waals surface area contributed by atoms with Crippen LogP contribution in [0.5, 0.6) is 0 Å². The summed E-state index contributed by atoms with van der Waals surface area (Å²) in [5.74, 6) is -1.84. The van der Waals surface area contributed by atoms with Crippen molar-refractivity contribution in [3.05, 3.63) is 53.8 Å². The fourth-order valence-electron chi connectivity index (χ4n) is 2.36. The topological polar surface area (TPSA) is 121 Å². The molecule has 0 fully saturated rings. The van der Waals surface area contributed by atoms with E-state index in [9.17, 15) is 26.0 Å². The number of anilines is 1. The fourth-order valence-corrected chi connectivity index (χ4v) is 4.58. The number of hydrogen-bond donors (Lipinski definition) is 3. The molecule has 0 saturated heterocycles. The molecule has 8 nitrogen and oxygen atoms in total. The maximum absolute atomic E-state index is 14.1. The van der Waals surface area contributed by atoms with Crippen molar-refractivity contribution in [1.82, 2.24) is 9.44 Å². The maximum atomic E-state index is 14.1. The van der Waals surface area contributed by atoms with Crippen LogP contribution in [-0.2, 0) is 20.0 Å². The molecule has 0 saturated carbocycles. The van der Waals surface area contributed by atoms with E-state index in [1.807, 2.05) is 0 Å². The predicted molar refractivity (Wildman–Crippen MR) is 107 cm³/mol. The number of hydrogen-bond acceptors (Lipinski definition) is 5. The minimum atomic E-state index is -3.87. The molecular formula is C18H22FN3O5S2. The van der Waals surface area contributed by atoms with Crippen LogP contribution in [0.4, 0.5) is 10.1 Å². The van der Waals surface area contributed by atoms with E-state index in [0.29, 0.717) is 0 Å². The first-order chi connectivity index (χ1) is 13.2. The van der Waals surface area contributed by atoms with Crippen LogP contribution in [-0.4, -0.2) is 35.3 Å². The van der Waals surface area contributed by atoms with Crippen LogP contribution in [0.3, 0.4) is 0 Å². The summed E-state index contributed by atoms with van der Waals surface area (Å²) in [7, 11) is -6.52. The van der Waals surface area contributed by atoms with Crippen molar-refractivity contribution in [3.8, 4) is 0 Å². The zero-order valence-corrected chi connectivity index (χ0v) is 17.9. The summed E-state index contributed by atoms with van der Waals surface area (Å²) in [4.78, 5) is 12.1. The number of halogens is 1. The molecule has 11 heteroatoms. The van der Waals surface area contributed by atoms with Crippen molar-refractivity contribution in [2.75, 3.05) is 12.4 Å². The average Bonchev–Trinajstić information content (AvgIpc) is 2.60. The molecule has 29 heavy (non-hydrogen) atoms. The smallest absolute Gasteiger partial charge is 0.258 e. The first kappa shape index (κ1) is 22.9. The van der Waals surface area contributed by atoms with E-state index >= 15 is 0 Å². The molecular weight excluding hydrogens is 421 g/mol. The zero-order valence-electron chi connectivity index (χ0n) is 16.3. The quantitative estimate of drug-likeness (QED) is 0.631. The number of amides is 1. The Balaban J connectivity index is 2.34. The van der Waals surface area contributed by atoms with Crippen molar-refractivity contribution in [3.63, 3.8) is 0 Å². The molecule has 0 aromatic heterocycles.